The van der Waals surface area contributed by atoms with Crippen molar-refractivity contribution in [1.29, 1.82) is 0 Å². The lowest BCUT2D eigenvalue weighted by Crippen LogP contribution is -2.58. The van der Waals surface area contributed by atoms with E-state index >= 15 is 0 Å². The van der Waals surface area contributed by atoms with Crippen LogP contribution in [0.15, 0.2) is 6.07 Å². The second-order valence-corrected chi connectivity index (χ2v) is 8.95. The standard InChI is InChI=1S/C17H25NS/c1-11-3-16(12(2)19-11)10-18-17-7-13-4-14(8-17)6-15(5-13)9-17/h3,13-15,18H,4-10H2,1-2H3. The number of hydrogen-bond donors (Lipinski definition) is 1. The first-order valence-electron chi connectivity index (χ1n) is 7.93. The summed E-state index contributed by atoms with van der Waals surface area (Å²) < 4.78 is 0. The molecule has 2 heteroatoms. The average molecular weight is 275 g/mol. The van der Waals surface area contributed by atoms with Gasteiger partial charge in [0.25, 0.3) is 0 Å². The monoisotopic (exact) mass is 275 g/mol. The van der Waals surface area contributed by atoms with E-state index in [-0.39, 0.29) is 0 Å². The van der Waals surface area contributed by atoms with Gasteiger partial charge in [-0.15, -0.1) is 11.3 Å². The van der Waals surface area contributed by atoms with E-state index in [4.69, 9.17) is 0 Å². The summed E-state index contributed by atoms with van der Waals surface area (Å²) in [6.07, 6.45) is 9.00. The normalized spacial score (nSPS) is 40.0. The fourth-order valence-corrected chi connectivity index (χ4v) is 6.42. The highest BCUT2D eigenvalue weighted by Gasteiger charge is 2.50. The highest BCUT2D eigenvalue weighted by atomic mass is 32.1. The first-order valence-corrected chi connectivity index (χ1v) is 8.74. The van der Waals surface area contributed by atoms with Gasteiger partial charge in [-0.2, -0.15) is 0 Å². The fraction of sp³-hybridized carbons (Fsp3) is 0.765. The Morgan fingerprint density at radius 3 is 2.16 bits per heavy atom. The molecule has 1 heterocycles. The molecule has 4 saturated carbocycles. The van der Waals surface area contributed by atoms with Crippen molar-refractivity contribution >= 4 is 11.3 Å². The lowest BCUT2D eigenvalue weighted by Gasteiger charge is -2.57. The van der Waals surface area contributed by atoms with Gasteiger partial charge in [0.15, 0.2) is 0 Å². The average Bonchev–Trinajstić information content (AvgIpc) is 2.64. The molecule has 104 valence electrons. The Hall–Kier alpha value is -0.340. The minimum absolute atomic E-state index is 0.511. The molecule has 0 aliphatic heterocycles. The van der Waals surface area contributed by atoms with Crippen molar-refractivity contribution in [2.75, 3.05) is 0 Å². The van der Waals surface area contributed by atoms with Crippen LogP contribution in [0.1, 0.15) is 53.8 Å². The number of rotatable bonds is 3. The minimum atomic E-state index is 0.511. The van der Waals surface area contributed by atoms with Crippen molar-refractivity contribution < 1.29 is 0 Å². The van der Waals surface area contributed by atoms with Crippen LogP contribution in [0.2, 0.25) is 0 Å². The van der Waals surface area contributed by atoms with Crippen LogP contribution >= 0.6 is 11.3 Å². The van der Waals surface area contributed by atoms with E-state index in [2.05, 4.69) is 25.2 Å². The van der Waals surface area contributed by atoms with E-state index in [1.165, 1.54) is 48.3 Å². The first kappa shape index (κ1) is 12.4. The molecule has 4 aliphatic rings. The maximum atomic E-state index is 4.00. The summed E-state index contributed by atoms with van der Waals surface area (Å²) in [4.78, 5) is 2.97. The molecular weight excluding hydrogens is 250 g/mol. The van der Waals surface area contributed by atoms with Crippen molar-refractivity contribution in [1.82, 2.24) is 5.32 Å². The molecule has 0 radical (unpaired) electrons. The molecule has 0 spiro atoms. The summed E-state index contributed by atoms with van der Waals surface area (Å²) in [5.41, 5.74) is 2.05. The Morgan fingerprint density at radius 2 is 1.68 bits per heavy atom. The summed E-state index contributed by atoms with van der Waals surface area (Å²) in [6, 6.07) is 2.38. The Balaban J connectivity index is 1.49. The van der Waals surface area contributed by atoms with Gasteiger partial charge in [0.2, 0.25) is 0 Å². The van der Waals surface area contributed by atoms with Gasteiger partial charge in [0.05, 0.1) is 0 Å². The molecular formula is C17H25NS. The lowest BCUT2D eigenvalue weighted by molar-refractivity contribution is -0.0206. The molecule has 0 aromatic carbocycles. The summed E-state index contributed by atoms with van der Waals surface area (Å²) >= 11 is 1.95. The Labute approximate surface area is 120 Å². The molecule has 1 aromatic heterocycles. The molecule has 1 nitrogen and oxygen atoms in total. The van der Waals surface area contributed by atoms with Gasteiger partial charge in [0.1, 0.15) is 0 Å². The minimum Gasteiger partial charge on any atom is -0.307 e. The van der Waals surface area contributed by atoms with Crippen LogP contribution in [0.5, 0.6) is 0 Å². The fourth-order valence-electron chi connectivity index (χ4n) is 5.47. The summed E-state index contributed by atoms with van der Waals surface area (Å²) in [5, 5.41) is 4.00. The van der Waals surface area contributed by atoms with E-state index in [0.29, 0.717) is 5.54 Å². The van der Waals surface area contributed by atoms with Crippen LogP contribution < -0.4 is 5.32 Å². The molecule has 4 bridgehead atoms. The zero-order chi connectivity index (χ0) is 13.0. The smallest absolute Gasteiger partial charge is 0.0221 e. The van der Waals surface area contributed by atoms with Crippen molar-refractivity contribution in [3.63, 3.8) is 0 Å². The van der Waals surface area contributed by atoms with E-state index < -0.39 is 0 Å². The van der Waals surface area contributed by atoms with Crippen LogP contribution in [-0.2, 0) is 6.54 Å². The Morgan fingerprint density at radius 1 is 1.11 bits per heavy atom. The zero-order valence-electron chi connectivity index (χ0n) is 12.2. The number of hydrogen-bond acceptors (Lipinski definition) is 2. The van der Waals surface area contributed by atoms with Gasteiger partial charge in [-0.1, -0.05) is 0 Å². The third kappa shape index (κ3) is 2.17. The van der Waals surface area contributed by atoms with Crippen LogP contribution in [0.4, 0.5) is 0 Å². The molecule has 0 atom stereocenters. The maximum Gasteiger partial charge on any atom is 0.0221 e. The number of nitrogens with one attached hydrogen (secondary N) is 1. The predicted octanol–water partition coefficient (Wildman–Crippen LogP) is 4.42. The van der Waals surface area contributed by atoms with E-state index in [1.54, 1.807) is 5.56 Å². The second kappa shape index (κ2) is 4.33. The SMILES string of the molecule is Cc1cc(CNC23CC4CC(CC(C4)C2)C3)c(C)s1. The summed E-state index contributed by atoms with van der Waals surface area (Å²) in [5.74, 6) is 3.14. The zero-order valence-corrected chi connectivity index (χ0v) is 13.0. The number of aryl methyl sites for hydroxylation is 2. The van der Waals surface area contributed by atoms with Crippen molar-refractivity contribution in [3.8, 4) is 0 Å². The molecule has 1 N–H and O–H groups in total. The largest absolute Gasteiger partial charge is 0.307 e. The number of thiophene rings is 1. The third-order valence-electron chi connectivity index (χ3n) is 5.84. The molecule has 5 rings (SSSR count). The van der Waals surface area contributed by atoms with Gasteiger partial charge in [0, 0.05) is 21.8 Å². The van der Waals surface area contributed by atoms with Crippen molar-refractivity contribution in [2.45, 2.75) is 64.5 Å². The molecule has 4 fully saturated rings. The quantitative estimate of drug-likeness (QED) is 0.861. The highest BCUT2D eigenvalue weighted by molar-refractivity contribution is 7.12. The van der Waals surface area contributed by atoms with Gasteiger partial charge < -0.3 is 5.32 Å². The molecule has 1 aromatic rings. The van der Waals surface area contributed by atoms with E-state index in [9.17, 15) is 0 Å². The third-order valence-corrected chi connectivity index (χ3v) is 6.84. The van der Waals surface area contributed by atoms with Crippen LogP contribution in [0.25, 0.3) is 0 Å². The molecule has 19 heavy (non-hydrogen) atoms. The van der Waals surface area contributed by atoms with Crippen LogP contribution in [-0.4, -0.2) is 5.54 Å². The van der Waals surface area contributed by atoms with Crippen molar-refractivity contribution in [2.24, 2.45) is 17.8 Å². The molecule has 0 saturated heterocycles. The predicted molar refractivity (Wildman–Crippen MR) is 81.5 cm³/mol. The topological polar surface area (TPSA) is 12.0 Å². The molecule has 4 aliphatic carbocycles. The highest BCUT2D eigenvalue weighted by Crippen LogP contribution is 2.55. The Bertz CT molecular complexity index is 452. The second-order valence-electron chi connectivity index (χ2n) is 7.49. The summed E-state index contributed by atoms with van der Waals surface area (Å²) in [7, 11) is 0. The summed E-state index contributed by atoms with van der Waals surface area (Å²) in [6.45, 7) is 5.60. The lowest BCUT2D eigenvalue weighted by atomic mass is 9.53. The Kier molecular flexibility index (Phi) is 2.82. The van der Waals surface area contributed by atoms with E-state index in [0.717, 1.165) is 24.3 Å². The maximum absolute atomic E-state index is 4.00. The molecule has 0 unspecified atom stereocenters. The van der Waals surface area contributed by atoms with E-state index in [1.807, 2.05) is 11.3 Å². The van der Waals surface area contributed by atoms with Gasteiger partial charge in [-0.3, -0.25) is 0 Å². The van der Waals surface area contributed by atoms with Crippen molar-refractivity contribution in [3.05, 3.63) is 21.4 Å². The van der Waals surface area contributed by atoms with Gasteiger partial charge >= 0.3 is 0 Å². The van der Waals surface area contributed by atoms with Crippen LogP contribution in [0.3, 0.4) is 0 Å². The van der Waals surface area contributed by atoms with Gasteiger partial charge in [-0.05, 0) is 81.8 Å². The van der Waals surface area contributed by atoms with Crippen LogP contribution in [0, 0.1) is 31.6 Å². The molecule has 0 amide bonds. The van der Waals surface area contributed by atoms with Gasteiger partial charge in [-0.25, -0.2) is 0 Å². The first-order chi connectivity index (χ1) is 9.12.